The van der Waals surface area contributed by atoms with Crippen molar-refractivity contribution in [2.45, 2.75) is 37.3 Å². The van der Waals surface area contributed by atoms with Gasteiger partial charge in [-0.1, -0.05) is 5.16 Å². The van der Waals surface area contributed by atoms with Gasteiger partial charge in [0.2, 0.25) is 5.89 Å². The lowest BCUT2D eigenvalue weighted by atomic mass is 10.0. The summed E-state index contributed by atoms with van der Waals surface area (Å²) in [6.45, 7) is 2.25. The normalized spacial score (nSPS) is 43.9. The van der Waals surface area contributed by atoms with Crippen molar-refractivity contribution in [3.8, 4) is 0 Å². The maximum Gasteiger partial charge on any atom is 0.232 e. The second kappa shape index (κ2) is 3.51. The molecule has 2 aliphatic carbocycles. The Morgan fingerprint density at radius 2 is 1.88 bits per heavy atom. The van der Waals surface area contributed by atoms with Crippen LogP contribution in [0.5, 0.6) is 0 Å². The van der Waals surface area contributed by atoms with Crippen LogP contribution in [0.25, 0.3) is 0 Å². The van der Waals surface area contributed by atoms with Crippen molar-refractivity contribution in [1.82, 2.24) is 15.5 Å². The highest BCUT2D eigenvalue weighted by Gasteiger charge is 2.45. The Labute approximate surface area is 99.0 Å². The Balaban J connectivity index is 1.50. The van der Waals surface area contributed by atoms with Gasteiger partial charge >= 0.3 is 0 Å². The van der Waals surface area contributed by atoms with Gasteiger partial charge in [0.15, 0.2) is 5.82 Å². The van der Waals surface area contributed by atoms with Crippen LogP contribution in [0.3, 0.4) is 0 Å². The zero-order chi connectivity index (χ0) is 11.4. The van der Waals surface area contributed by atoms with Crippen LogP contribution in [0.1, 0.15) is 42.8 Å². The zero-order valence-electron chi connectivity index (χ0n) is 9.60. The van der Waals surface area contributed by atoms with Gasteiger partial charge in [0.1, 0.15) is 6.17 Å². The molecule has 3 fully saturated rings. The van der Waals surface area contributed by atoms with Gasteiger partial charge in [0, 0.05) is 5.92 Å². The van der Waals surface area contributed by atoms with Gasteiger partial charge < -0.3 is 9.84 Å². The number of hydrogen-bond acceptors (Lipinski definition) is 4. The molecule has 1 aromatic rings. The Morgan fingerprint density at radius 1 is 1.18 bits per heavy atom. The summed E-state index contributed by atoms with van der Waals surface area (Å²) in [6.07, 6.45) is 2.11. The van der Waals surface area contributed by atoms with Gasteiger partial charge in [0.25, 0.3) is 0 Å². The topological polar surface area (TPSA) is 51.0 Å². The van der Waals surface area contributed by atoms with Gasteiger partial charge in [-0.25, -0.2) is 4.39 Å². The van der Waals surface area contributed by atoms with Crippen LogP contribution in [0.15, 0.2) is 4.52 Å². The van der Waals surface area contributed by atoms with E-state index in [1.165, 1.54) is 0 Å². The molecule has 0 spiro atoms. The molecule has 0 amide bonds. The van der Waals surface area contributed by atoms with E-state index in [4.69, 9.17) is 4.52 Å². The predicted molar refractivity (Wildman–Crippen MR) is 58.4 cm³/mol. The fraction of sp³-hybridized carbons (Fsp3) is 0.833. The molecule has 1 unspecified atom stereocenters. The molecule has 3 aliphatic rings. The van der Waals surface area contributed by atoms with Gasteiger partial charge in [-0.05, 0) is 44.2 Å². The first kappa shape index (κ1) is 10.00. The number of alkyl halides is 1. The highest BCUT2D eigenvalue weighted by atomic mass is 19.1. The molecule has 92 valence electrons. The SMILES string of the molecule is F[C@H]1C[C@H]1c1nc(C2C[C@H]3CNC[C@H]3C2)no1. The summed E-state index contributed by atoms with van der Waals surface area (Å²) < 4.78 is 18.1. The fourth-order valence-electron chi connectivity index (χ4n) is 3.36. The molecule has 4 rings (SSSR count). The first-order chi connectivity index (χ1) is 8.31. The average Bonchev–Trinajstić information content (AvgIpc) is 2.80. The largest absolute Gasteiger partial charge is 0.339 e. The summed E-state index contributed by atoms with van der Waals surface area (Å²) in [6, 6.07) is 0. The van der Waals surface area contributed by atoms with E-state index in [1.54, 1.807) is 0 Å². The molecule has 1 aromatic heterocycles. The minimum absolute atomic E-state index is 0.112. The standard InChI is InChI=1S/C12H16FN3O/c13-10-3-9(10)12-15-11(16-17-12)6-1-7-4-14-5-8(7)2-6/h6-10,14H,1-5H2/t6?,7-,8+,9-,10+/m1/s1. The second-order valence-corrected chi connectivity index (χ2v) is 5.70. The third-order valence-electron chi connectivity index (χ3n) is 4.51. The summed E-state index contributed by atoms with van der Waals surface area (Å²) in [7, 11) is 0. The summed E-state index contributed by atoms with van der Waals surface area (Å²) in [5.41, 5.74) is 0. The van der Waals surface area contributed by atoms with Gasteiger partial charge in [0.05, 0.1) is 5.92 Å². The van der Waals surface area contributed by atoms with E-state index in [-0.39, 0.29) is 5.92 Å². The summed E-state index contributed by atoms with van der Waals surface area (Å²) in [5.74, 6) is 3.20. The minimum Gasteiger partial charge on any atom is -0.339 e. The minimum atomic E-state index is -0.754. The number of rotatable bonds is 2. The Hall–Kier alpha value is -0.970. The van der Waals surface area contributed by atoms with E-state index in [0.717, 1.165) is 43.6 Å². The molecule has 2 saturated carbocycles. The van der Waals surface area contributed by atoms with E-state index in [9.17, 15) is 4.39 Å². The lowest BCUT2D eigenvalue weighted by Crippen LogP contribution is -2.11. The number of aromatic nitrogens is 2. The van der Waals surface area contributed by atoms with Gasteiger partial charge in [-0.15, -0.1) is 0 Å². The smallest absolute Gasteiger partial charge is 0.232 e. The molecular weight excluding hydrogens is 221 g/mol. The maximum absolute atomic E-state index is 12.9. The first-order valence-electron chi connectivity index (χ1n) is 6.49. The van der Waals surface area contributed by atoms with Crippen LogP contribution in [0.4, 0.5) is 4.39 Å². The number of hydrogen-bond donors (Lipinski definition) is 1. The molecule has 5 atom stereocenters. The maximum atomic E-state index is 12.9. The van der Waals surface area contributed by atoms with E-state index in [2.05, 4.69) is 15.5 Å². The van der Waals surface area contributed by atoms with Crippen LogP contribution < -0.4 is 5.32 Å². The molecule has 0 radical (unpaired) electrons. The molecule has 17 heavy (non-hydrogen) atoms. The summed E-state index contributed by atoms with van der Waals surface area (Å²) in [4.78, 5) is 4.39. The van der Waals surface area contributed by atoms with Crippen LogP contribution in [-0.2, 0) is 0 Å². The van der Waals surface area contributed by atoms with Crippen molar-refractivity contribution in [2.75, 3.05) is 13.1 Å². The second-order valence-electron chi connectivity index (χ2n) is 5.70. The number of fused-ring (bicyclic) bond motifs is 1. The van der Waals surface area contributed by atoms with E-state index in [1.807, 2.05) is 0 Å². The predicted octanol–water partition coefficient (Wildman–Crippen LogP) is 1.61. The van der Waals surface area contributed by atoms with Crippen molar-refractivity contribution in [2.24, 2.45) is 11.8 Å². The molecule has 0 bridgehead atoms. The monoisotopic (exact) mass is 237 g/mol. The summed E-state index contributed by atoms with van der Waals surface area (Å²) in [5, 5.41) is 7.47. The Bertz CT molecular complexity index is 423. The number of nitrogens with one attached hydrogen (secondary N) is 1. The van der Waals surface area contributed by atoms with E-state index >= 15 is 0 Å². The lowest BCUT2D eigenvalue weighted by Gasteiger charge is -2.04. The first-order valence-corrected chi connectivity index (χ1v) is 6.49. The van der Waals surface area contributed by atoms with E-state index < -0.39 is 6.17 Å². The highest BCUT2D eigenvalue weighted by Crippen LogP contribution is 2.45. The molecule has 0 aromatic carbocycles. The molecule has 1 aliphatic heterocycles. The van der Waals surface area contributed by atoms with Gasteiger partial charge in [-0.3, -0.25) is 0 Å². The fourth-order valence-corrected chi connectivity index (χ4v) is 3.36. The van der Waals surface area contributed by atoms with E-state index in [0.29, 0.717) is 18.2 Å². The third kappa shape index (κ3) is 1.59. The van der Waals surface area contributed by atoms with Crippen LogP contribution in [0, 0.1) is 11.8 Å². The summed E-state index contributed by atoms with van der Waals surface area (Å²) >= 11 is 0. The number of halogens is 1. The molecule has 1 N–H and O–H groups in total. The highest BCUT2D eigenvalue weighted by molar-refractivity contribution is 5.11. The van der Waals surface area contributed by atoms with Gasteiger partial charge in [-0.2, -0.15) is 4.98 Å². The van der Waals surface area contributed by atoms with Crippen molar-refractivity contribution >= 4 is 0 Å². The Kier molecular flexibility index (Phi) is 2.06. The lowest BCUT2D eigenvalue weighted by molar-refractivity contribution is 0.356. The molecule has 2 heterocycles. The third-order valence-corrected chi connectivity index (χ3v) is 4.51. The average molecular weight is 237 g/mol. The van der Waals surface area contributed by atoms with Crippen molar-refractivity contribution in [3.05, 3.63) is 11.7 Å². The quantitative estimate of drug-likeness (QED) is 0.849. The van der Waals surface area contributed by atoms with Crippen molar-refractivity contribution in [3.63, 3.8) is 0 Å². The van der Waals surface area contributed by atoms with Crippen LogP contribution in [-0.4, -0.2) is 29.4 Å². The molecule has 1 saturated heterocycles. The Morgan fingerprint density at radius 3 is 2.53 bits per heavy atom. The van der Waals surface area contributed by atoms with Crippen molar-refractivity contribution in [1.29, 1.82) is 0 Å². The molecule has 5 heteroatoms. The number of nitrogens with zero attached hydrogens (tertiary/aromatic N) is 2. The van der Waals surface area contributed by atoms with Crippen LogP contribution >= 0.6 is 0 Å². The van der Waals surface area contributed by atoms with Crippen molar-refractivity contribution < 1.29 is 8.91 Å². The zero-order valence-corrected chi connectivity index (χ0v) is 9.60. The molecular formula is C12H16FN3O. The molecule has 4 nitrogen and oxygen atoms in total. The van der Waals surface area contributed by atoms with Crippen LogP contribution in [0.2, 0.25) is 0 Å².